The minimum absolute atomic E-state index is 0.0563. The second-order valence-electron chi connectivity index (χ2n) is 7.49. The summed E-state index contributed by atoms with van der Waals surface area (Å²) in [5, 5.41) is 0.528. The molecule has 1 aromatic carbocycles. The first-order chi connectivity index (χ1) is 13.0. The highest BCUT2D eigenvalue weighted by molar-refractivity contribution is 6.31. The summed E-state index contributed by atoms with van der Waals surface area (Å²) in [5.41, 5.74) is 0.884. The molecule has 7 heteroatoms. The number of amides is 2. The number of ether oxygens (including phenoxy) is 1. The number of carbonyl (C=O) groups excluding carboxylic acids is 2. The van der Waals surface area contributed by atoms with Crippen LogP contribution in [0.1, 0.15) is 35.0 Å². The van der Waals surface area contributed by atoms with E-state index in [0.717, 1.165) is 5.56 Å². The summed E-state index contributed by atoms with van der Waals surface area (Å²) < 4.78 is 8.21. The quantitative estimate of drug-likeness (QED) is 0.798. The number of benzene rings is 1. The number of aryl methyl sites for hydroxylation is 1. The molecule has 0 saturated carbocycles. The molecule has 1 aromatic heterocycles. The van der Waals surface area contributed by atoms with Gasteiger partial charge in [-0.2, -0.15) is 0 Å². The fourth-order valence-electron chi connectivity index (χ4n) is 4.79. The highest BCUT2D eigenvalue weighted by Crippen LogP contribution is 2.50. The molecular formula is C20H20ClN3O3. The second-order valence-corrected chi connectivity index (χ2v) is 7.93. The summed E-state index contributed by atoms with van der Waals surface area (Å²) >= 11 is 6.05. The van der Waals surface area contributed by atoms with Crippen LogP contribution in [0.4, 0.5) is 0 Å². The average molecular weight is 386 g/mol. The summed E-state index contributed by atoms with van der Waals surface area (Å²) in [7, 11) is 1.80. The van der Waals surface area contributed by atoms with Crippen molar-refractivity contribution in [2.24, 2.45) is 7.05 Å². The van der Waals surface area contributed by atoms with Gasteiger partial charge in [-0.15, -0.1) is 0 Å². The van der Waals surface area contributed by atoms with Crippen molar-refractivity contribution in [1.29, 1.82) is 0 Å². The lowest BCUT2D eigenvalue weighted by Gasteiger charge is -2.32. The Balaban J connectivity index is 1.46. The number of hydrogen-bond acceptors (Lipinski definition) is 3. The Labute approximate surface area is 162 Å². The van der Waals surface area contributed by atoms with Gasteiger partial charge in [-0.1, -0.05) is 41.9 Å². The van der Waals surface area contributed by atoms with E-state index < -0.39 is 5.72 Å². The first kappa shape index (κ1) is 16.8. The van der Waals surface area contributed by atoms with E-state index in [-0.39, 0.29) is 24.0 Å². The van der Waals surface area contributed by atoms with Crippen molar-refractivity contribution in [1.82, 2.24) is 14.4 Å². The first-order valence-electron chi connectivity index (χ1n) is 9.16. The predicted octanol–water partition coefficient (Wildman–Crippen LogP) is 2.59. The van der Waals surface area contributed by atoms with Crippen molar-refractivity contribution in [3.05, 3.63) is 58.9 Å². The van der Waals surface area contributed by atoms with Gasteiger partial charge >= 0.3 is 0 Å². The van der Waals surface area contributed by atoms with E-state index in [4.69, 9.17) is 16.3 Å². The zero-order valence-corrected chi connectivity index (χ0v) is 15.7. The second kappa shape index (κ2) is 5.84. The molecule has 3 saturated heterocycles. The molecule has 140 valence electrons. The van der Waals surface area contributed by atoms with E-state index in [2.05, 4.69) is 0 Å². The molecule has 0 bridgehead atoms. The maximum atomic E-state index is 13.1. The van der Waals surface area contributed by atoms with Crippen LogP contribution in [-0.2, 0) is 16.6 Å². The molecule has 0 radical (unpaired) electrons. The summed E-state index contributed by atoms with van der Waals surface area (Å²) in [4.78, 5) is 29.5. The van der Waals surface area contributed by atoms with Gasteiger partial charge in [0.05, 0.1) is 24.0 Å². The Morgan fingerprint density at radius 2 is 2.07 bits per heavy atom. The number of likely N-dealkylation sites (tertiary alicyclic amines) is 1. The molecule has 6 nitrogen and oxygen atoms in total. The SMILES string of the molecule is Cn1cc(Cl)cc1C(=O)N1CC[C@@]23O[C@@H](c4ccccc4)CN2C(=O)C[C@@H]13. The van der Waals surface area contributed by atoms with Crippen molar-refractivity contribution in [2.45, 2.75) is 30.7 Å². The zero-order valence-electron chi connectivity index (χ0n) is 15.0. The molecule has 3 aliphatic heterocycles. The molecule has 0 N–H and O–H groups in total. The Bertz CT molecular complexity index is 928. The third-order valence-electron chi connectivity index (χ3n) is 6.05. The van der Waals surface area contributed by atoms with Gasteiger partial charge < -0.3 is 19.1 Å². The van der Waals surface area contributed by atoms with Crippen LogP contribution < -0.4 is 0 Å². The van der Waals surface area contributed by atoms with E-state index in [1.165, 1.54) is 0 Å². The van der Waals surface area contributed by atoms with Gasteiger partial charge in [0.2, 0.25) is 5.91 Å². The van der Waals surface area contributed by atoms with Crippen molar-refractivity contribution < 1.29 is 14.3 Å². The Kier molecular flexibility index (Phi) is 3.64. The molecule has 0 aliphatic carbocycles. The molecule has 27 heavy (non-hydrogen) atoms. The van der Waals surface area contributed by atoms with Gasteiger partial charge in [0.1, 0.15) is 11.8 Å². The molecule has 2 amide bonds. The molecular weight excluding hydrogens is 366 g/mol. The van der Waals surface area contributed by atoms with Crippen molar-refractivity contribution in [2.75, 3.05) is 13.1 Å². The monoisotopic (exact) mass is 385 g/mol. The largest absolute Gasteiger partial charge is 0.345 e. The topological polar surface area (TPSA) is 54.8 Å². The van der Waals surface area contributed by atoms with Crippen LogP contribution in [-0.4, -0.2) is 51.0 Å². The number of rotatable bonds is 2. The van der Waals surface area contributed by atoms with Crippen LogP contribution in [0.25, 0.3) is 0 Å². The summed E-state index contributed by atoms with van der Waals surface area (Å²) in [6.07, 6.45) is 2.50. The molecule has 0 unspecified atom stereocenters. The fourth-order valence-corrected chi connectivity index (χ4v) is 5.04. The molecule has 5 rings (SSSR count). The third-order valence-corrected chi connectivity index (χ3v) is 6.26. The van der Waals surface area contributed by atoms with Crippen LogP contribution >= 0.6 is 11.6 Å². The van der Waals surface area contributed by atoms with Crippen molar-refractivity contribution >= 4 is 23.4 Å². The van der Waals surface area contributed by atoms with Crippen LogP contribution in [0.2, 0.25) is 5.02 Å². The fraction of sp³-hybridized carbons (Fsp3) is 0.400. The maximum absolute atomic E-state index is 13.1. The van der Waals surface area contributed by atoms with E-state index >= 15 is 0 Å². The highest BCUT2D eigenvalue weighted by Gasteiger charge is 2.65. The predicted molar refractivity (Wildman–Crippen MR) is 99.2 cm³/mol. The minimum atomic E-state index is -0.706. The van der Waals surface area contributed by atoms with Crippen molar-refractivity contribution in [3.63, 3.8) is 0 Å². The number of halogens is 1. The number of carbonyl (C=O) groups is 2. The highest BCUT2D eigenvalue weighted by atomic mass is 35.5. The van der Waals surface area contributed by atoms with E-state index in [9.17, 15) is 9.59 Å². The number of aromatic nitrogens is 1. The van der Waals surface area contributed by atoms with Crippen LogP contribution in [0.5, 0.6) is 0 Å². The normalized spacial score (nSPS) is 29.3. The average Bonchev–Trinajstić information content (AvgIpc) is 3.36. The first-order valence-corrected chi connectivity index (χ1v) is 9.53. The van der Waals surface area contributed by atoms with E-state index in [0.29, 0.717) is 36.6 Å². The van der Waals surface area contributed by atoms with Crippen molar-refractivity contribution in [3.8, 4) is 0 Å². The standard InChI is InChI=1S/C20H20ClN3O3/c1-22-11-14(21)9-15(22)19(26)23-8-7-20-17(23)10-18(25)24(20)12-16(27-20)13-5-3-2-4-6-13/h2-6,9,11,16-17H,7-8,10,12H2,1H3/t16-,17-,20+/m1/s1. The molecule has 4 heterocycles. The number of nitrogens with zero attached hydrogens (tertiary/aromatic N) is 3. The van der Waals surface area contributed by atoms with Crippen LogP contribution in [0.15, 0.2) is 42.6 Å². The smallest absolute Gasteiger partial charge is 0.270 e. The molecule has 3 atom stereocenters. The maximum Gasteiger partial charge on any atom is 0.270 e. The molecule has 2 aromatic rings. The Morgan fingerprint density at radius 1 is 1.30 bits per heavy atom. The van der Waals surface area contributed by atoms with Gasteiger partial charge in [0.25, 0.3) is 5.91 Å². The van der Waals surface area contributed by atoms with Crippen LogP contribution in [0.3, 0.4) is 0 Å². The van der Waals surface area contributed by atoms with E-state index in [1.807, 2.05) is 35.2 Å². The minimum Gasteiger partial charge on any atom is -0.345 e. The lowest BCUT2D eigenvalue weighted by Crippen LogP contribution is -2.49. The summed E-state index contributed by atoms with van der Waals surface area (Å²) in [5.74, 6) is -0.0477. The lowest BCUT2D eigenvalue weighted by molar-refractivity contribution is -0.138. The lowest BCUT2D eigenvalue weighted by atomic mass is 10.1. The third kappa shape index (κ3) is 2.36. The van der Waals surface area contributed by atoms with Gasteiger partial charge in [0.15, 0.2) is 5.72 Å². The van der Waals surface area contributed by atoms with E-state index in [1.54, 1.807) is 28.8 Å². The van der Waals surface area contributed by atoms with Gasteiger partial charge in [-0.3, -0.25) is 9.59 Å². The van der Waals surface area contributed by atoms with Crippen LogP contribution in [0, 0.1) is 0 Å². The molecule has 3 aliphatic rings. The Hall–Kier alpha value is -2.31. The van der Waals surface area contributed by atoms with Gasteiger partial charge in [0, 0.05) is 26.2 Å². The Morgan fingerprint density at radius 3 is 2.78 bits per heavy atom. The molecule has 1 spiro atoms. The molecule has 3 fully saturated rings. The summed E-state index contributed by atoms with van der Waals surface area (Å²) in [6.45, 7) is 1.11. The van der Waals surface area contributed by atoms with Gasteiger partial charge in [-0.05, 0) is 11.6 Å². The number of hydrogen-bond donors (Lipinski definition) is 0. The summed E-state index contributed by atoms with van der Waals surface area (Å²) in [6, 6.07) is 11.4. The zero-order chi connectivity index (χ0) is 18.8. The van der Waals surface area contributed by atoms with Gasteiger partial charge in [-0.25, -0.2) is 0 Å².